The summed E-state index contributed by atoms with van der Waals surface area (Å²) in [5.74, 6) is -1.15. The molecule has 0 aliphatic carbocycles. The van der Waals surface area contributed by atoms with E-state index < -0.39 is 5.97 Å². The summed E-state index contributed by atoms with van der Waals surface area (Å²) < 4.78 is 0. The van der Waals surface area contributed by atoms with Crippen molar-refractivity contribution in [2.75, 3.05) is 0 Å². The van der Waals surface area contributed by atoms with Crippen LogP contribution in [-0.2, 0) is 4.79 Å². The van der Waals surface area contributed by atoms with Gasteiger partial charge in [-0.1, -0.05) is 18.2 Å². The largest absolute Gasteiger partial charge is 0.477 e. The molecule has 1 aromatic carbocycles. The maximum absolute atomic E-state index is 10.3. The molecule has 0 heterocycles. The molecule has 1 rings (SSSR count). The SMILES string of the molecule is NC(=CC=Nc1ccccc1)C(=O)O. The number of aliphatic imine (C=N–C) groups is 1. The Morgan fingerprint density at radius 3 is 2.57 bits per heavy atom. The fourth-order valence-electron chi connectivity index (χ4n) is 0.789. The summed E-state index contributed by atoms with van der Waals surface area (Å²) in [6, 6.07) is 9.18. The monoisotopic (exact) mass is 190 g/mol. The standard InChI is InChI=1S/C10H10N2O2/c11-9(10(13)14)6-7-12-8-4-2-1-3-5-8/h1-7H,11H2,(H,13,14). The van der Waals surface area contributed by atoms with E-state index in [1.807, 2.05) is 18.2 Å². The topological polar surface area (TPSA) is 75.7 Å². The van der Waals surface area contributed by atoms with E-state index in [0.717, 1.165) is 5.69 Å². The van der Waals surface area contributed by atoms with Crippen LogP contribution < -0.4 is 5.73 Å². The van der Waals surface area contributed by atoms with E-state index in [2.05, 4.69) is 4.99 Å². The molecular weight excluding hydrogens is 180 g/mol. The number of rotatable bonds is 3. The Hall–Kier alpha value is -2.10. The van der Waals surface area contributed by atoms with Gasteiger partial charge in [0.15, 0.2) is 0 Å². The Kier molecular flexibility index (Phi) is 3.43. The molecule has 0 fully saturated rings. The molecule has 0 amide bonds. The fourth-order valence-corrected chi connectivity index (χ4v) is 0.789. The van der Waals surface area contributed by atoms with E-state index in [1.54, 1.807) is 12.1 Å². The highest BCUT2D eigenvalue weighted by Crippen LogP contribution is 2.08. The van der Waals surface area contributed by atoms with Gasteiger partial charge in [-0.2, -0.15) is 0 Å². The fraction of sp³-hybridized carbons (Fsp3) is 0. The third-order valence-corrected chi connectivity index (χ3v) is 1.48. The predicted molar refractivity (Wildman–Crippen MR) is 54.5 cm³/mol. The maximum Gasteiger partial charge on any atom is 0.351 e. The zero-order chi connectivity index (χ0) is 10.4. The lowest BCUT2D eigenvalue weighted by Gasteiger charge is -1.90. The van der Waals surface area contributed by atoms with E-state index in [1.165, 1.54) is 12.3 Å². The van der Waals surface area contributed by atoms with Crippen molar-refractivity contribution < 1.29 is 9.90 Å². The number of hydrogen-bond acceptors (Lipinski definition) is 3. The summed E-state index contributed by atoms with van der Waals surface area (Å²) in [7, 11) is 0. The normalized spacial score (nSPS) is 11.9. The van der Waals surface area contributed by atoms with Crippen LogP contribution >= 0.6 is 0 Å². The second-order valence-electron chi connectivity index (χ2n) is 2.54. The number of nitrogens with zero attached hydrogens (tertiary/aromatic N) is 1. The summed E-state index contributed by atoms with van der Waals surface area (Å²) in [4.78, 5) is 14.3. The zero-order valence-corrected chi connectivity index (χ0v) is 7.42. The molecule has 1 aromatic rings. The number of carboxylic acid groups (broad SMARTS) is 1. The van der Waals surface area contributed by atoms with Crippen LogP contribution in [0, 0.1) is 0 Å². The second-order valence-corrected chi connectivity index (χ2v) is 2.54. The number of para-hydroxylation sites is 1. The van der Waals surface area contributed by atoms with Crippen LogP contribution in [0.1, 0.15) is 0 Å². The van der Waals surface area contributed by atoms with Crippen LogP contribution in [0.15, 0.2) is 47.1 Å². The van der Waals surface area contributed by atoms with Crippen LogP contribution in [0.2, 0.25) is 0 Å². The van der Waals surface area contributed by atoms with Crippen molar-refractivity contribution in [1.29, 1.82) is 0 Å². The first-order valence-electron chi connectivity index (χ1n) is 3.98. The molecule has 0 atom stereocenters. The minimum atomic E-state index is -1.15. The highest BCUT2D eigenvalue weighted by Gasteiger charge is 1.96. The van der Waals surface area contributed by atoms with Crippen molar-refractivity contribution in [2.24, 2.45) is 10.7 Å². The highest BCUT2D eigenvalue weighted by atomic mass is 16.4. The summed E-state index contributed by atoms with van der Waals surface area (Å²) in [5, 5.41) is 8.42. The molecule has 3 N–H and O–H groups in total. The Balaban J connectivity index is 2.66. The Bertz CT molecular complexity index is 369. The zero-order valence-electron chi connectivity index (χ0n) is 7.42. The minimum absolute atomic E-state index is 0.232. The van der Waals surface area contributed by atoms with E-state index >= 15 is 0 Å². The van der Waals surface area contributed by atoms with Gasteiger partial charge in [-0.25, -0.2) is 4.79 Å². The number of carboxylic acids is 1. The molecule has 0 aromatic heterocycles. The number of nitrogens with two attached hydrogens (primary N) is 1. The lowest BCUT2D eigenvalue weighted by atomic mass is 10.3. The third kappa shape index (κ3) is 3.10. The van der Waals surface area contributed by atoms with Crippen molar-refractivity contribution in [1.82, 2.24) is 0 Å². The second kappa shape index (κ2) is 4.81. The van der Waals surface area contributed by atoms with E-state index in [0.29, 0.717) is 0 Å². The first kappa shape index (κ1) is 9.98. The number of carbonyl (C=O) groups is 1. The molecule has 0 aliphatic rings. The van der Waals surface area contributed by atoms with Gasteiger partial charge in [0, 0.05) is 6.21 Å². The van der Waals surface area contributed by atoms with Crippen LogP contribution in [0.3, 0.4) is 0 Å². The molecule has 0 unspecified atom stereocenters. The van der Waals surface area contributed by atoms with Crippen molar-refractivity contribution in [2.45, 2.75) is 0 Å². The van der Waals surface area contributed by atoms with Crippen molar-refractivity contribution >= 4 is 17.9 Å². The van der Waals surface area contributed by atoms with Gasteiger partial charge in [0.05, 0.1) is 5.69 Å². The van der Waals surface area contributed by atoms with Gasteiger partial charge in [0.1, 0.15) is 5.70 Å². The molecule has 0 radical (unpaired) electrons. The first-order valence-corrected chi connectivity index (χ1v) is 3.98. The Morgan fingerprint density at radius 1 is 1.36 bits per heavy atom. The number of allylic oxidation sites excluding steroid dienone is 1. The third-order valence-electron chi connectivity index (χ3n) is 1.48. The Morgan fingerprint density at radius 2 is 2.00 bits per heavy atom. The highest BCUT2D eigenvalue weighted by molar-refractivity contribution is 5.91. The molecule has 0 spiro atoms. The molecule has 4 nitrogen and oxygen atoms in total. The van der Waals surface area contributed by atoms with Crippen LogP contribution in [0.5, 0.6) is 0 Å². The molecule has 72 valence electrons. The lowest BCUT2D eigenvalue weighted by molar-refractivity contribution is -0.132. The van der Waals surface area contributed by atoms with Crippen molar-refractivity contribution in [3.8, 4) is 0 Å². The number of hydrogen-bond donors (Lipinski definition) is 2. The van der Waals surface area contributed by atoms with Gasteiger partial charge in [-0.15, -0.1) is 0 Å². The predicted octanol–water partition coefficient (Wildman–Crippen LogP) is 1.32. The molecular formula is C10H10N2O2. The van der Waals surface area contributed by atoms with Gasteiger partial charge in [0.25, 0.3) is 0 Å². The van der Waals surface area contributed by atoms with E-state index in [9.17, 15) is 4.79 Å². The summed E-state index contributed by atoms with van der Waals surface area (Å²) >= 11 is 0. The van der Waals surface area contributed by atoms with Gasteiger partial charge < -0.3 is 10.8 Å². The Labute approximate surface area is 81.4 Å². The molecule has 0 bridgehead atoms. The molecule has 4 heteroatoms. The van der Waals surface area contributed by atoms with Crippen LogP contribution in [0.4, 0.5) is 5.69 Å². The van der Waals surface area contributed by atoms with Gasteiger partial charge >= 0.3 is 5.97 Å². The summed E-state index contributed by atoms with van der Waals surface area (Å²) in [6.07, 6.45) is 2.61. The average molecular weight is 190 g/mol. The smallest absolute Gasteiger partial charge is 0.351 e. The molecule has 0 saturated carbocycles. The van der Waals surface area contributed by atoms with E-state index in [4.69, 9.17) is 10.8 Å². The summed E-state index contributed by atoms with van der Waals surface area (Å²) in [6.45, 7) is 0. The first-order chi connectivity index (χ1) is 6.70. The van der Waals surface area contributed by atoms with Crippen molar-refractivity contribution in [3.05, 3.63) is 42.1 Å². The maximum atomic E-state index is 10.3. The van der Waals surface area contributed by atoms with E-state index in [-0.39, 0.29) is 5.70 Å². The van der Waals surface area contributed by atoms with Gasteiger partial charge in [0.2, 0.25) is 0 Å². The minimum Gasteiger partial charge on any atom is -0.477 e. The van der Waals surface area contributed by atoms with Crippen LogP contribution in [-0.4, -0.2) is 17.3 Å². The van der Waals surface area contributed by atoms with Gasteiger partial charge in [-0.3, -0.25) is 4.99 Å². The van der Waals surface area contributed by atoms with Crippen LogP contribution in [0.25, 0.3) is 0 Å². The molecule has 0 saturated heterocycles. The number of benzene rings is 1. The number of aliphatic carboxylic acids is 1. The molecule has 14 heavy (non-hydrogen) atoms. The molecule has 0 aliphatic heterocycles. The average Bonchev–Trinajstić information content (AvgIpc) is 2.19. The quantitative estimate of drug-likeness (QED) is 0.557. The lowest BCUT2D eigenvalue weighted by Crippen LogP contribution is -2.09. The van der Waals surface area contributed by atoms with Gasteiger partial charge in [-0.05, 0) is 18.2 Å². The van der Waals surface area contributed by atoms with Crippen molar-refractivity contribution in [3.63, 3.8) is 0 Å². The summed E-state index contributed by atoms with van der Waals surface area (Å²) in [5.41, 5.74) is 5.67.